The first-order valence-corrected chi connectivity index (χ1v) is 8.77. The van der Waals surface area contributed by atoms with Gasteiger partial charge in [-0.3, -0.25) is 0 Å². The number of nitrogens with two attached hydrogens (primary N) is 1. The number of nitrogens with one attached hydrogen (secondary N) is 1. The fourth-order valence-electron chi connectivity index (χ4n) is 2.90. The quantitative estimate of drug-likeness (QED) is 0.822. The maximum Gasteiger partial charge on any atom is 0.274 e. The molecule has 1 fully saturated rings. The molecule has 0 radical (unpaired) electrons. The number of hydrogen-bond acceptors (Lipinski definition) is 5. The number of aryl methyl sites for hydroxylation is 1. The van der Waals surface area contributed by atoms with Crippen LogP contribution in [-0.2, 0) is 17.3 Å². The normalized spacial score (nSPS) is 17.3. The van der Waals surface area contributed by atoms with Gasteiger partial charge in [0.05, 0.1) is 5.39 Å². The van der Waals surface area contributed by atoms with Gasteiger partial charge in [-0.15, -0.1) is 0 Å². The fourth-order valence-corrected chi connectivity index (χ4v) is 3.37. The van der Waals surface area contributed by atoms with E-state index in [0.717, 1.165) is 42.8 Å². The topological polar surface area (TPSA) is 106 Å². The monoisotopic (exact) mass is 324 g/mol. The molecule has 0 unspecified atom stereocenters. The summed E-state index contributed by atoms with van der Waals surface area (Å²) in [6.45, 7) is 2.09. The van der Waals surface area contributed by atoms with Gasteiger partial charge in [-0.25, -0.2) is 19.8 Å². The van der Waals surface area contributed by atoms with Crippen molar-refractivity contribution in [3.8, 4) is 0 Å². The van der Waals surface area contributed by atoms with Crippen LogP contribution in [0.1, 0.15) is 12.8 Å². The Balaban J connectivity index is 1.68. The lowest BCUT2D eigenvalue weighted by atomic mass is 9.97. The van der Waals surface area contributed by atoms with Crippen molar-refractivity contribution in [3.63, 3.8) is 0 Å². The summed E-state index contributed by atoms with van der Waals surface area (Å²) >= 11 is 0. The first-order valence-electron chi connectivity index (χ1n) is 7.22. The number of nitrogens with zero attached hydrogens (tertiary/aromatic N) is 4. The van der Waals surface area contributed by atoms with Crippen LogP contribution in [0.25, 0.3) is 11.0 Å². The van der Waals surface area contributed by atoms with E-state index in [-0.39, 0.29) is 0 Å². The Morgan fingerprint density at radius 2 is 2.09 bits per heavy atom. The Hall–Kier alpha value is -1.71. The second-order valence-electron chi connectivity index (χ2n) is 5.69. The highest BCUT2D eigenvalue weighted by Crippen LogP contribution is 2.27. The largest absolute Gasteiger partial charge is 0.356 e. The van der Waals surface area contributed by atoms with Gasteiger partial charge in [-0.05, 0) is 24.8 Å². The average molecular weight is 324 g/mol. The van der Waals surface area contributed by atoms with Crippen molar-refractivity contribution < 1.29 is 8.42 Å². The van der Waals surface area contributed by atoms with Gasteiger partial charge >= 0.3 is 0 Å². The molecule has 9 heteroatoms. The molecular weight excluding hydrogens is 304 g/mol. The van der Waals surface area contributed by atoms with Crippen LogP contribution in [0.4, 0.5) is 5.82 Å². The Morgan fingerprint density at radius 3 is 2.77 bits per heavy atom. The minimum atomic E-state index is -3.60. The highest BCUT2D eigenvalue weighted by Gasteiger charge is 2.22. The second kappa shape index (κ2) is 5.82. The van der Waals surface area contributed by atoms with Crippen molar-refractivity contribution in [3.05, 3.63) is 18.6 Å². The third-order valence-corrected chi connectivity index (χ3v) is 4.70. The maximum atomic E-state index is 10.9. The zero-order valence-corrected chi connectivity index (χ0v) is 13.3. The van der Waals surface area contributed by atoms with E-state index in [1.165, 1.54) is 0 Å². The van der Waals surface area contributed by atoms with Crippen LogP contribution >= 0.6 is 0 Å². The zero-order chi connectivity index (χ0) is 15.7. The predicted octanol–water partition coefficient (Wildman–Crippen LogP) is -0.0222. The first kappa shape index (κ1) is 15.2. The fraction of sp³-hybridized carbons (Fsp3) is 0.538. The van der Waals surface area contributed by atoms with E-state index in [4.69, 9.17) is 5.14 Å². The lowest BCUT2D eigenvalue weighted by Gasteiger charge is -2.33. The lowest BCUT2D eigenvalue weighted by molar-refractivity contribution is 0.401. The maximum absolute atomic E-state index is 10.9. The van der Waals surface area contributed by atoms with Crippen molar-refractivity contribution in [1.82, 2.24) is 19.3 Å². The third-order valence-electron chi connectivity index (χ3n) is 4.13. The standard InChI is InChI=1S/C13H20N6O2S/c1-18-5-4-11-12(18)15-9-16-13(11)19-6-2-10(3-7-19)8-17-22(14,20)21/h4-5,9-10,17H,2-3,6-8H2,1H3,(H2,14,20,21). The van der Waals surface area contributed by atoms with Crippen molar-refractivity contribution in [2.75, 3.05) is 24.5 Å². The van der Waals surface area contributed by atoms with Crippen LogP contribution in [0.5, 0.6) is 0 Å². The summed E-state index contributed by atoms with van der Waals surface area (Å²) in [6.07, 6.45) is 5.37. The molecule has 0 atom stereocenters. The van der Waals surface area contributed by atoms with E-state index < -0.39 is 10.2 Å². The van der Waals surface area contributed by atoms with Gasteiger partial charge in [0, 0.05) is 32.9 Å². The summed E-state index contributed by atoms with van der Waals surface area (Å²) < 4.78 is 26.2. The number of rotatable bonds is 4. The Labute approximate surface area is 129 Å². The molecule has 2 aromatic heterocycles. The summed E-state index contributed by atoms with van der Waals surface area (Å²) in [5.74, 6) is 1.26. The van der Waals surface area contributed by atoms with Gasteiger partial charge in [0.15, 0.2) is 0 Å². The number of piperidine rings is 1. The molecule has 0 saturated carbocycles. The van der Waals surface area contributed by atoms with Crippen molar-refractivity contribution in [1.29, 1.82) is 0 Å². The molecule has 0 spiro atoms. The molecule has 2 aromatic rings. The van der Waals surface area contributed by atoms with Crippen molar-refractivity contribution in [2.45, 2.75) is 12.8 Å². The summed E-state index contributed by atoms with van der Waals surface area (Å²) in [5, 5.41) is 6.01. The molecule has 0 aromatic carbocycles. The molecule has 120 valence electrons. The summed E-state index contributed by atoms with van der Waals surface area (Å²) in [6, 6.07) is 2.03. The highest BCUT2D eigenvalue weighted by molar-refractivity contribution is 7.87. The number of hydrogen-bond donors (Lipinski definition) is 2. The summed E-state index contributed by atoms with van der Waals surface area (Å²) in [5.41, 5.74) is 0.919. The van der Waals surface area contributed by atoms with Crippen LogP contribution in [0.2, 0.25) is 0 Å². The minimum Gasteiger partial charge on any atom is -0.356 e. The summed E-state index contributed by atoms with van der Waals surface area (Å²) in [4.78, 5) is 11.0. The SMILES string of the molecule is Cn1ccc2c(N3CCC(CNS(N)(=O)=O)CC3)ncnc21. The minimum absolute atomic E-state index is 0.308. The molecule has 8 nitrogen and oxygen atoms in total. The van der Waals surface area contributed by atoms with E-state index in [9.17, 15) is 8.42 Å². The Morgan fingerprint density at radius 1 is 1.36 bits per heavy atom. The number of fused-ring (bicyclic) bond motifs is 1. The van der Waals surface area contributed by atoms with Crippen LogP contribution < -0.4 is 14.8 Å². The molecule has 3 heterocycles. The Kier molecular flexibility index (Phi) is 4.02. The zero-order valence-electron chi connectivity index (χ0n) is 12.4. The van der Waals surface area contributed by atoms with Gasteiger partial charge < -0.3 is 9.47 Å². The predicted molar refractivity (Wildman–Crippen MR) is 84.6 cm³/mol. The molecule has 1 saturated heterocycles. The molecule has 1 aliphatic heterocycles. The lowest BCUT2D eigenvalue weighted by Crippen LogP contribution is -2.40. The average Bonchev–Trinajstić information content (AvgIpc) is 2.87. The van der Waals surface area contributed by atoms with Gasteiger partial charge in [-0.2, -0.15) is 8.42 Å². The van der Waals surface area contributed by atoms with Gasteiger partial charge in [0.1, 0.15) is 17.8 Å². The summed E-state index contributed by atoms with van der Waals surface area (Å²) in [7, 11) is -1.64. The molecular formula is C13H20N6O2S. The molecule has 22 heavy (non-hydrogen) atoms. The van der Waals surface area contributed by atoms with Crippen LogP contribution in [0, 0.1) is 5.92 Å². The molecule has 0 amide bonds. The molecule has 3 N–H and O–H groups in total. The van der Waals surface area contributed by atoms with E-state index in [2.05, 4.69) is 19.6 Å². The van der Waals surface area contributed by atoms with E-state index in [1.54, 1.807) is 6.33 Å². The first-order chi connectivity index (χ1) is 10.4. The molecule has 1 aliphatic rings. The van der Waals surface area contributed by atoms with E-state index in [0.29, 0.717) is 12.5 Å². The highest BCUT2D eigenvalue weighted by atomic mass is 32.2. The number of anilines is 1. The second-order valence-corrected chi connectivity index (χ2v) is 7.06. The molecule has 0 aliphatic carbocycles. The Bertz CT molecular complexity index is 764. The van der Waals surface area contributed by atoms with E-state index >= 15 is 0 Å². The van der Waals surface area contributed by atoms with Crippen molar-refractivity contribution >= 4 is 27.1 Å². The van der Waals surface area contributed by atoms with Crippen LogP contribution in [0.3, 0.4) is 0 Å². The van der Waals surface area contributed by atoms with Crippen LogP contribution in [-0.4, -0.2) is 42.6 Å². The third kappa shape index (κ3) is 3.21. The van der Waals surface area contributed by atoms with Crippen molar-refractivity contribution in [2.24, 2.45) is 18.1 Å². The van der Waals surface area contributed by atoms with Crippen LogP contribution in [0.15, 0.2) is 18.6 Å². The van der Waals surface area contributed by atoms with Gasteiger partial charge in [0.25, 0.3) is 10.2 Å². The molecule has 0 bridgehead atoms. The van der Waals surface area contributed by atoms with Gasteiger partial charge in [0.2, 0.25) is 0 Å². The van der Waals surface area contributed by atoms with E-state index in [1.807, 2.05) is 23.9 Å². The molecule has 3 rings (SSSR count). The van der Waals surface area contributed by atoms with Gasteiger partial charge in [-0.1, -0.05) is 0 Å². The number of aromatic nitrogens is 3. The smallest absolute Gasteiger partial charge is 0.274 e.